The molecule has 0 spiro atoms. The minimum absolute atomic E-state index is 0.0806. The smallest absolute Gasteiger partial charge is 0.237 e. The van der Waals surface area contributed by atoms with Crippen LogP contribution in [-0.4, -0.2) is 24.0 Å². The monoisotopic (exact) mass is 240 g/mol. The van der Waals surface area contributed by atoms with Crippen LogP contribution in [-0.2, 0) is 4.79 Å². The van der Waals surface area contributed by atoms with E-state index in [9.17, 15) is 4.79 Å². The van der Waals surface area contributed by atoms with Crippen molar-refractivity contribution >= 4 is 5.91 Å². The molecule has 0 aliphatic heterocycles. The Bertz CT molecular complexity index is 263. The zero-order valence-electron chi connectivity index (χ0n) is 12.0. The lowest BCUT2D eigenvalue weighted by Gasteiger charge is -2.22. The first kappa shape index (κ1) is 14.5. The molecule has 1 amide bonds. The van der Waals surface area contributed by atoms with Crippen LogP contribution < -0.4 is 10.6 Å². The van der Waals surface area contributed by atoms with Gasteiger partial charge in [-0.2, -0.15) is 0 Å². The van der Waals surface area contributed by atoms with Gasteiger partial charge in [-0.3, -0.25) is 4.79 Å². The number of hydrogen-bond acceptors (Lipinski definition) is 2. The van der Waals surface area contributed by atoms with Crippen LogP contribution in [0.1, 0.15) is 60.3 Å². The van der Waals surface area contributed by atoms with E-state index >= 15 is 0 Å². The minimum atomic E-state index is -0.0806. The maximum absolute atomic E-state index is 11.9. The van der Waals surface area contributed by atoms with Crippen LogP contribution in [0.15, 0.2) is 0 Å². The molecule has 3 unspecified atom stereocenters. The van der Waals surface area contributed by atoms with E-state index in [4.69, 9.17) is 0 Å². The first-order valence-corrected chi connectivity index (χ1v) is 6.90. The van der Waals surface area contributed by atoms with Crippen molar-refractivity contribution in [3.63, 3.8) is 0 Å². The lowest BCUT2D eigenvalue weighted by atomic mass is 9.92. The summed E-state index contributed by atoms with van der Waals surface area (Å²) in [5.41, 5.74) is 0.435. The highest BCUT2D eigenvalue weighted by Gasteiger charge is 2.32. The van der Waals surface area contributed by atoms with Crippen molar-refractivity contribution in [2.24, 2.45) is 5.41 Å². The van der Waals surface area contributed by atoms with Gasteiger partial charge in [0, 0.05) is 12.1 Å². The van der Waals surface area contributed by atoms with E-state index < -0.39 is 0 Å². The second-order valence-corrected chi connectivity index (χ2v) is 6.31. The fourth-order valence-electron chi connectivity index (χ4n) is 2.48. The summed E-state index contributed by atoms with van der Waals surface area (Å²) in [6, 6.07) is 0.692. The summed E-state index contributed by atoms with van der Waals surface area (Å²) in [6.07, 6.45) is 4.60. The summed E-state index contributed by atoms with van der Waals surface area (Å²) in [7, 11) is 0. The maximum atomic E-state index is 11.9. The summed E-state index contributed by atoms with van der Waals surface area (Å²) in [5.74, 6) is 0.129. The minimum Gasteiger partial charge on any atom is -0.352 e. The van der Waals surface area contributed by atoms with Gasteiger partial charge >= 0.3 is 0 Å². The van der Waals surface area contributed by atoms with Crippen LogP contribution in [0.5, 0.6) is 0 Å². The normalized spacial score (nSPS) is 26.5. The lowest BCUT2D eigenvalue weighted by Crippen LogP contribution is -2.48. The van der Waals surface area contributed by atoms with Gasteiger partial charge in [-0.15, -0.1) is 0 Å². The van der Waals surface area contributed by atoms with E-state index in [1.165, 1.54) is 19.3 Å². The molecule has 2 N–H and O–H groups in total. The van der Waals surface area contributed by atoms with E-state index in [1.807, 2.05) is 13.8 Å². The molecule has 1 fully saturated rings. The lowest BCUT2D eigenvalue weighted by molar-refractivity contribution is -0.123. The SMILES string of the molecule is CCC(C)NC(=O)C(C)NC1CCC(C)(C)C1. The number of rotatable bonds is 5. The van der Waals surface area contributed by atoms with Gasteiger partial charge < -0.3 is 10.6 Å². The summed E-state index contributed by atoms with van der Waals surface area (Å²) in [6.45, 7) is 10.7. The van der Waals surface area contributed by atoms with Gasteiger partial charge in [0.2, 0.25) is 5.91 Å². The van der Waals surface area contributed by atoms with E-state index in [-0.39, 0.29) is 18.0 Å². The van der Waals surface area contributed by atoms with Gasteiger partial charge in [-0.25, -0.2) is 0 Å². The molecule has 1 saturated carbocycles. The first-order valence-electron chi connectivity index (χ1n) is 6.90. The molecule has 0 bridgehead atoms. The van der Waals surface area contributed by atoms with Gasteiger partial charge in [0.1, 0.15) is 0 Å². The molecule has 0 aromatic carbocycles. The van der Waals surface area contributed by atoms with E-state index in [0.717, 1.165) is 6.42 Å². The summed E-state index contributed by atoms with van der Waals surface area (Å²) >= 11 is 0. The van der Waals surface area contributed by atoms with Crippen molar-refractivity contribution in [2.75, 3.05) is 0 Å². The van der Waals surface area contributed by atoms with Gasteiger partial charge in [-0.1, -0.05) is 20.8 Å². The van der Waals surface area contributed by atoms with Crippen LogP contribution in [0.4, 0.5) is 0 Å². The Morgan fingerprint density at radius 1 is 1.41 bits per heavy atom. The van der Waals surface area contributed by atoms with Crippen LogP contribution >= 0.6 is 0 Å². The average molecular weight is 240 g/mol. The van der Waals surface area contributed by atoms with Gasteiger partial charge in [0.25, 0.3) is 0 Å². The maximum Gasteiger partial charge on any atom is 0.237 e. The Morgan fingerprint density at radius 2 is 2.06 bits per heavy atom. The zero-order valence-corrected chi connectivity index (χ0v) is 12.0. The van der Waals surface area contributed by atoms with Crippen molar-refractivity contribution < 1.29 is 4.79 Å². The quantitative estimate of drug-likeness (QED) is 0.775. The Labute approximate surface area is 106 Å². The van der Waals surface area contributed by atoms with Crippen molar-refractivity contribution in [1.82, 2.24) is 10.6 Å². The summed E-state index contributed by atoms with van der Waals surface area (Å²) in [4.78, 5) is 11.9. The fourth-order valence-corrected chi connectivity index (χ4v) is 2.48. The van der Waals surface area contributed by atoms with Gasteiger partial charge in [0.15, 0.2) is 0 Å². The van der Waals surface area contributed by atoms with E-state index in [2.05, 4.69) is 31.4 Å². The molecule has 0 aromatic heterocycles. The highest BCUT2D eigenvalue weighted by atomic mass is 16.2. The highest BCUT2D eigenvalue weighted by Crippen LogP contribution is 2.36. The molecule has 17 heavy (non-hydrogen) atoms. The van der Waals surface area contributed by atoms with E-state index in [1.54, 1.807) is 0 Å². The largest absolute Gasteiger partial charge is 0.352 e. The molecule has 1 rings (SSSR count). The Kier molecular flexibility index (Phi) is 4.99. The average Bonchev–Trinajstić information content (AvgIpc) is 2.57. The van der Waals surface area contributed by atoms with E-state index in [0.29, 0.717) is 11.5 Å². The molecule has 3 nitrogen and oxygen atoms in total. The van der Waals surface area contributed by atoms with Crippen molar-refractivity contribution in [1.29, 1.82) is 0 Å². The molecule has 0 heterocycles. The van der Waals surface area contributed by atoms with Crippen molar-refractivity contribution in [3.8, 4) is 0 Å². The highest BCUT2D eigenvalue weighted by molar-refractivity contribution is 5.81. The molecule has 0 aromatic rings. The molecule has 3 heteroatoms. The number of hydrogen-bond donors (Lipinski definition) is 2. The van der Waals surface area contributed by atoms with Crippen LogP contribution in [0.3, 0.4) is 0 Å². The number of amides is 1. The predicted molar refractivity (Wildman–Crippen MR) is 71.9 cm³/mol. The Morgan fingerprint density at radius 3 is 2.53 bits per heavy atom. The van der Waals surface area contributed by atoms with Crippen LogP contribution in [0.25, 0.3) is 0 Å². The molecule has 1 aliphatic rings. The molecular weight excluding hydrogens is 212 g/mol. The third-order valence-electron chi connectivity index (χ3n) is 3.85. The summed E-state index contributed by atoms with van der Waals surface area (Å²) in [5, 5.41) is 6.47. The number of nitrogens with one attached hydrogen (secondary N) is 2. The second-order valence-electron chi connectivity index (χ2n) is 6.31. The zero-order chi connectivity index (χ0) is 13.1. The van der Waals surface area contributed by atoms with Crippen LogP contribution in [0.2, 0.25) is 0 Å². The molecular formula is C14H28N2O. The molecule has 0 radical (unpaired) electrons. The first-order chi connectivity index (χ1) is 7.84. The van der Waals surface area contributed by atoms with Gasteiger partial charge in [-0.05, 0) is 44.9 Å². The predicted octanol–water partition coefficient (Wildman–Crippen LogP) is 2.46. The number of carbonyl (C=O) groups excluding carboxylic acids is 1. The second kappa shape index (κ2) is 5.85. The summed E-state index contributed by atoms with van der Waals surface area (Å²) < 4.78 is 0. The fraction of sp³-hybridized carbons (Fsp3) is 0.929. The topological polar surface area (TPSA) is 41.1 Å². The molecule has 100 valence electrons. The van der Waals surface area contributed by atoms with Gasteiger partial charge in [0.05, 0.1) is 6.04 Å². The molecule has 1 aliphatic carbocycles. The standard InChI is InChI=1S/C14H28N2O/c1-6-10(2)15-13(17)11(3)16-12-7-8-14(4,5)9-12/h10-12,16H,6-9H2,1-5H3,(H,15,17). The van der Waals surface area contributed by atoms with Crippen molar-refractivity contribution in [3.05, 3.63) is 0 Å². The van der Waals surface area contributed by atoms with Crippen LogP contribution in [0, 0.1) is 5.41 Å². The third kappa shape index (κ3) is 4.66. The Balaban J connectivity index is 2.34. The Hall–Kier alpha value is -0.570. The molecule has 0 saturated heterocycles. The van der Waals surface area contributed by atoms with Crippen molar-refractivity contribution in [2.45, 2.75) is 78.4 Å². The number of carbonyl (C=O) groups is 1. The molecule has 3 atom stereocenters. The third-order valence-corrected chi connectivity index (χ3v) is 3.85.